The van der Waals surface area contributed by atoms with E-state index in [1.807, 2.05) is 0 Å². The molecule has 0 radical (unpaired) electrons. The van der Waals surface area contributed by atoms with E-state index in [1.165, 1.54) is 11.1 Å². The van der Waals surface area contributed by atoms with Gasteiger partial charge in [-0.2, -0.15) is 0 Å². The number of aliphatic hydroxyl groups is 2. The van der Waals surface area contributed by atoms with Gasteiger partial charge in [-0.3, -0.25) is 0 Å². The lowest BCUT2D eigenvalue weighted by atomic mass is 9.55. The molecule has 1 aromatic carbocycles. The van der Waals surface area contributed by atoms with Crippen molar-refractivity contribution >= 4 is 9.47 Å². The van der Waals surface area contributed by atoms with Crippen LogP contribution in [0.4, 0.5) is 0 Å². The average Bonchev–Trinajstić information content (AvgIpc) is 2.84. The van der Waals surface area contributed by atoms with Crippen LogP contribution in [0, 0.1) is 17.3 Å². The van der Waals surface area contributed by atoms with Gasteiger partial charge < -0.3 is 19.5 Å². The van der Waals surface area contributed by atoms with Gasteiger partial charge in [-0.05, 0) is 78.5 Å². The summed E-state index contributed by atoms with van der Waals surface area (Å²) in [5.74, 6) is 2.99. The summed E-state index contributed by atoms with van der Waals surface area (Å²) >= 11 is 0. The number of aliphatic hydroxyl groups excluding tert-OH is 2. The van der Waals surface area contributed by atoms with Gasteiger partial charge in [0.25, 0.3) is 0 Å². The number of benzene rings is 1. The van der Waals surface area contributed by atoms with Crippen LogP contribution in [0.1, 0.15) is 49.7 Å². The summed E-state index contributed by atoms with van der Waals surface area (Å²) in [4.78, 5) is 0. The van der Waals surface area contributed by atoms with Crippen LogP contribution in [0.25, 0.3) is 0 Å². The Balaban J connectivity index is 1.72. The van der Waals surface area contributed by atoms with E-state index in [-0.39, 0.29) is 5.41 Å². The summed E-state index contributed by atoms with van der Waals surface area (Å²) in [6, 6.07) is 4.26. The van der Waals surface area contributed by atoms with Crippen LogP contribution in [0.3, 0.4) is 0 Å². The number of aryl methyl sites for hydroxylation is 1. The normalized spacial score (nSPS) is 40.5. The number of rotatable bonds is 2. The minimum atomic E-state index is -0.577. The predicted octanol–water partition coefficient (Wildman–Crippen LogP) is 3.05. The molecule has 0 heterocycles. The fourth-order valence-corrected chi connectivity index (χ4v) is 6.00. The molecule has 0 saturated heterocycles. The summed E-state index contributed by atoms with van der Waals surface area (Å²) in [6.07, 6.45) is 3.78. The molecule has 2 N–H and O–H groups in total. The Bertz CT molecular complexity index is 648. The third-order valence-corrected chi connectivity index (χ3v) is 7.36. The molecule has 5 heteroatoms. The Kier molecular flexibility index (Phi) is 4.06. The van der Waals surface area contributed by atoms with Crippen molar-refractivity contribution in [3.05, 3.63) is 23.3 Å². The Labute approximate surface area is 145 Å². The maximum absolute atomic E-state index is 10.5. The minimum absolute atomic E-state index is 0.134. The maximum atomic E-state index is 10.5. The number of hydrogen-bond donors (Lipinski definition) is 2. The molecule has 4 unspecified atom stereocenters. The lowest BCUT2D eigenvalue weighted by molar-refractivity contribution is -0.0505. The van der Waals surface area contributed by atoms with E-state index in [2.05, 4.69) is 28.5 Å². The molecule has 0 aromatic heterocycles. The average molecular weight is 350 g/mol. The first-order valence-corrected chi connectivity index (χ1v) is 9.40. The van der Waals surface area contributed by atoms with Gasteiger partial charge in [-0.15, -0.1) is 0 Å². The van der Waals surface area contributed by atoms with Gasteiger partial charge in [0, 0.05) is 0 Å². The largest absolute Gasteiger partial charge is 0.493 e. The highest BCUT2D eigenvalue weighted by Crippen LogP contribution is 2.61. The van der Waals surface area contributed by atoms with E-state index in [0.29, 0.717) is 17.8 Å². The first kappa shape index (κ1) is 16.6. The molecule has 7 atom stereocenters. The Hall–Kier alpha value is -0.830. The highest BCUT2D eigenvalue weighted by atomic mass is 31.0. The monoisotopic (exact) mass is 350 g/mol. The molecule has 4 nitrogen and oxygen atoms in total. The van der Waals surface area contributed by atoms with Gasteiger partial charge in [-0.25, -0.2) is 0 Å². The van der Waals surface area contributed by atoms with Crippen molar-refractivity contribution in [1.29, 1.82) is 0 Å². The van der Waals surface area contributed by atoms with Gasteiger partial charge >= 0.3 is 0 Å². The van der Waals surface area contributed by atoms with Crippen LogP contribution in [-0.4, -0.2) is 29.5 Å². The van der Waals surface area contributed by atoms with Gasteiger partial charge in [0.2, 0.25) is 0 Å². The molecule has 2 saturated carbocycles. The molecule has 2 fully saturated rings. The van der Waals surface area contributed by atoms with Crippen molar-refractivity contribution in [3.63, 3.8) is 0 Å². The van der Waals surface area contributed by atoms with Crippen LogP contribution < -0.4 is 9.26 Å². The molecule has 0 amide bonds. The molecule has 24 heavy (non-hydrogen) atoms. The first-order valence-electron chi connectivity index (χ1n) is 8.93. The summed E-state index contributed by atoms with van der Waals surface area (Å²) in [5, 5.41) is 20.7. The second kappa shape index (κ2) is 5.86. The van der Waals surface area contributed by atoms with E-state index in [9.17, 15) is 10.2 Å². The Morgan fingerprint density at radius 2 is 2.00 bits per heavy atom. The lowest BCUT2D eigenvalue weighted by Crippen LogP contribution is -2.44. The smallest absolute Gasteiger partial charge is 0.164 e. The Morgan fingerprint density at radius 1 is 1.21 bits per heavy atom. The highest BCUT2D eigenvalue weighted by Gasteiger charge is 2.57. The zero-order valence-corrected chi connectivity index (χ0v) is 15.5. The van der Waals surface area contributed by atoms with Crippen LogP contribution in [0.15, 0.2) is 12.1 Å². The van der Waals surface area contributed by atoms with E-state index in [0.717, 1.165) is 43.6 Å². The molecule has 3 aliphatic rings. The van der Waals surface area contributed by atoms with Crippen molar-refractivity contribution in [2.24, 2.45) is 17.3 Å². The van der Waals surface area contributed by atoms with Gasteiger partial charge in [-0.1, -0.05) is 6.92 Å². The van der Waals surface area contributed by atoms with Crippen LogP contribution in [0.5, 0.6) is 11.5 Å². The SMILES string of the molecule is COc1cc2c(cc1OP)CCC1C2CC[C@@]2(C)C1C[C@H](O)[C@@H]2O. The van der Waals surface area contributed by atoms with E-state index < -0.39 is 12.2 Å². The summed E-state index contributed by atoms with van der Waals surface area (Å²) in [7, 11) is 3.98. The van der Waals surface area contributed by atoms with Crippen molar-refractivity contribution < 1.29 is 19.5 Å². The van der Waals surface area contributed by atoms with Crippen LogP contribution in [0.2, 0.25) is 0 Å². The molecular weight excluding hydrogens is 323 g/mol. The molecular formula is C19H27O4P. The highest BCUT2D eigenvalue weighted by molar-refractivity contribution is 7.10. The second-order valence-electron chi connectivity index (χ2n) is 8.03. The molecule has 1 aromatic rings. The van der Waals surface area contributed by atoms with Gasteiger partial charge in [0.05, 0.1) is 28.8 Å². The van der Waals surface area contributed by atoms with Crippen molar-refractivity contribution in [2.45, 2.75) is 57.2 Å². The molecule has 132 valence electrons. The topological polar surface area (TPSA) is 58.9 Å². The third kappa shape index (κ3) is 2.23. The maximum Gasteiger partial charge on any atom is 0.164 e. The number of methoxy groups -OCH3 is 1. The predicted molar refractivity (Wildman–Crippen MR) is 95.3 cm³/mol. The minimum Gasteiger partial charge on any atom is -0.493 e. The molecule has 0 aliphatic heterocycles. The van der Waals surface area contributed by atoms with E-state index >= 15 is 0 Å². The molecule has 0 bridgehead atoms. The molecule has 4 rings (SSSR count). The quantitative estimate of drug-likeness (QED) is 0.805. The fraction of sp³-hybridized carbons (Fsp3) is 0.684. The zero-order valence-electron chi connectivity index (χ0n) is 14.4. The van der Waals surface area contributed by atoms with Crippen molar-refractivity contribution in [3.8, 4) is 11.5 Å². The van der Waals surface area contributed by atoms with Crippen molar-refractivity contribution in [2.75, 3.05) is 7.11 Å². The van der Waals surface area contributed by atoms with E-state index in [4.69, 9.17) is 9.26 Å². The second-order valence-corrected chi connectivity index (χ2v) is 8.26. The van der Waals surface area contributed by atoms with Gasteiger partial charge in [0.15, 0.2) is 11.5 Å². The summed E-state index contributed by atoms with van der Waals surface area (Å²) in [5.41, 5.74) is 2.61. The molecule has 3 aliphatic carbocycles. The molecule has 0 spiro atoms. The summed E-state index contributed by atoms with van der Waals surface area (Å²) < 4.78 is 10.9. The summed E-state index contributed by atoms with van der Waals surface area (Å²) in [6.45, 7) is 2.18. The lowest BCUT2D eigenvalue weighted by Gasteiger charge is -2.50. The number of fused-ring (bicyclic) bond motifs is 5. The van der Waals surface area contributed by atoms with Crippen molar-refractivity contribution in [1.82, 2.24) is 0 Å². The van der Waals surface area contributed by atoms with E-state index in [1.54, 1.807) is 7.11 Å². The zero-order chi connectivity index (χ0) is 17.1. The third-order valence-electron chi connectivity index (χ3n) is 7.11. The van der Waals surface area contributed by atoms with Gasteiger partial charge in [0.1, 0.15) is 0 Å². The number of ether oxygens (including phenoxy) is 1. The van der Waals surface area contributed by atoms with Crippen LogP contribution >= 0.6 is 9.47 Å². The van der Waals surface area contributed by atoms with Crippen LogP contribution in [-0.2, 0) is 6.42 Å². The fourth-order valence-electron chi connectivity index (χ4n) is 5.82. The number of hydrogen-bond acceptors (Lipinski definition) is 4. The Morgan fingerprint density at radius 3 is 2.71 bits per heavy atom. The standard InChI is InChI=1S/C19H27O4P/c1-19-6-5-11-12(14(19)9-15(20)18(19)21)4-3-10-7-17(23-24)16(22-2)8-13(10)11/h7-8,11-12,14-15,18,20-21H,3-6,9,24H2,1-2H3/t11?,12?,14?,15-,18-,19-/m0/s1. The first-order chi connectivity index (χ1) is 11.5.